The van der Waals surface area contributed by atoms with Gasteiger partial charge < -0.3 is 4.57 Å². The lowest BCUT2D eigenvalue weighted by Gasteiger charge is -2.14. The molecule has 0 N–H and O–H groups in total. The molecule has 5 heteroatoms. The number of amides is 1. The Kier molecular flexibility index (Phi) is 6.23. The summed E-state index contributed by atoms with van der Waals surface area (Å²) in [5, 5.41) is 0. The molecule has 0 spiro atoms. The summed E-state index contributed by atoms with van der Waals surface area (Å²) in [6.07, 6.45) is 0. The molecule has 0 bridgehead atoms. The average molecular weight is 431 g/mol. The normalized spacial score (nSPS) is 11.8. The van der Waals surface area contributed by atoms with E-state index in [1.54, 1.807) is 12.1 Å². The standard InChI is InChI=1S/C26H23FN2OS/c1-3-29-24(21-14-16-22(27)17-15-21)18(2)31-26(29)28-25(30)23(19-10-6-4-7-11-19)20-12-8-5-9-13-20/h4-17,23H,3H2,1-2H3. The predicted octanol–water partition coefficient (Wildman–Crippen LogP) is 5.94. The molecule has 1 heterocycles. The Morgan fingerprint density at radius 3 is 2.00 bits per heavy atom. The quantitative estimate of drug-likeness (QED) is 0.386. The molecule has 0 aliphatic rings. The van der Waals surface area contributed by atoms with E-state index < -0.39 is 5.92 Å². The molecule has 3 nitrogen and oxygen atoms in total. The maximum atomic E-state index is 13.5. The summed E-state index contributed by atoms with van der Waals surface area (Å²) in [4.78, 5) is 19.7. The maximum absolute atomic E-state index is 13.5. The lowest BCUT2D eigenvalue weighted by Crippen LogP contribution is -2.20. The zero-order valence-corrected chi connectivity index (χ0v) is 18.3. The molecule has 0 unspecified atom stereocenters. The van der Waals surface area contributed by atoms with Gasteiger partial charge in [0.1, 0.15) is 5.82 Å². The van der Waals surface area contributed by atoms with E-state index in [0.29, 0.717) is 11.3 Å². The molecule has 0 saturated heterocycles. The molecule has 0 aliphatic carbocycles. The van der Waals surface area contributed by atoms with Crippen LogP contribution in [-0.2, 0) is 11.3 Å². The van der Waals surface area contributed by atoms with Crippen molar-refractivity contribution in [3.8, 4) is 11.3 Å². The van der Waals surface area contributed by atoms with E-state index in [1.807, 2.05) is 79.1 Å². The number of benzene rings is 3. The summed E-state index contributed by atoms with van der Waals surface area (Å²) >= 11 is 1.48. The molecule has 0 radical (unpaired) electrons. The summed E-state index contributed by atoms with van der Waals surface area (Å²) in [5.41, 5.74) is 3.71. The third kappa shape index (κ3) is 4.42. The summed E-state index contributed by atoms with van der Waals surface area (Å²) in [7, 11) is 0. The van der Waals surface area contributed by atoms with Crippen molar-refractivity contribution in [3.05, 3.63) is 112 Å². The average Bonchev–Trinajstić information content (AvgIpc) is 3.10. The number of aryl methyl sites for hydroxylation is 1. The molecular weight excluding hydrogens is 407 g/mol. The van der Waals surface area contributed by atoms with Crippen LogP contribution in [0.3, 0.4) is 0 Å². The van der Waals surface area contributed by atoms with Crippen LogP contribution in [0.15, 0.2) is 89.9 Å². The molecule has 31 heavy (non-hydrogen) atoms. The molecule has 1 aromatic heterocycles. The maximum Gasteiger partial charge on any atom is 0.260 e. The van der Waals surface area contributed by atoms with Gasteiger partial charge in [-0.2, -0.15) is 4.99 Å². The van der Waals surface area contributed by atoms with E-state index in [1.165, 1.54) is 23.5 Å². The van der Waals surface area contributed by atoms with Gasteiger partial charge in [-0.25, -0.2) is 4.39 Å². The highest BCUT2D eigenvalue weighted by Crippen LogP contribution is 2.28. The van der Waals surface area contributed by atoms with E-state index >= 15 is 0 Å². The van der Waals surface area contributed by atoms with Crippen molar-refractivity contribution >= 4 is 17.2 Å². The number of hydrogen-bond acceptors (Lipinski definition) is 2. The van der Waals surface area contributed by atoms with Gasteiger partial charge in [-0.05, 0) is 54.8 Å². The fraction of sp³-hybridized carbons (Fsp3) is 0.154. The van der Waals surface area contributed by atoms with Crippen molar-refractivity contribution in [2.45, 2.75) is 26.3 Å². The molecule has 1 amide bonds. The number of halogens is 1. The smallest absolute Gasteiger partial charge is 0.260 e. The topological polar surface area (TPSA) is 34.4 Å². The lowest BCUT2D eigenvalue weighted by atomic mass is 9.91. The van der Waals surface area contributed by atoms with Crippen LogP contribution in [0.1, 0.15) is 28.8 Å². The number of nitrogens with zero attached hydrogens (tertiary/aromatic N) is 2. The number of aromatic nitrogens is 1. The van der Waals surface area contributed by atoms with E-state index in [0.717, 1.165) is 27.3 Å². The minimum atomic E-state index is -0.468. The highest BCUT2D eigenvalue weighted by molar-refractivity contribution is 7.09. The van der Waals surface area contributed by atoms with Gasteiger partial charge in [-0.3, -0.25) is 4.79 Å². The largest absolute Gasteiger partial charge is 0.316 e. The second-order valence-corrected chi connectivity index (χ2v) is 8.43. The Balaban J connectivity index is 1.82. The third-order valence-electron chi connectivity index (χ3n) is 5.23. The fourth-order valence-electron chi connectivity index (χ4n) is 3.80. The van der Waals surface area contributed by atoms with Crippen molar-refractivity contribution in [1.82, 2.24) is 4.57 Å². The Labute approximate surface area is 185 Å². The first kappa shape index (κ1) is 20.9. The summed E-state index contributed by atoms with van der Waals surface area (Å²) < 4.78 is 15.4. The number of hydrogen-bond donors (Lipinski definition) is 0. The second kappa shape index (κ2) is 9.23. The van der Waals surface area contributed by atoms with Crippen molar-refractivity contribution in [3.63, 3.8) is 0 Å². The van der Waals surface area contributed by atoms with E-state index in [-0.39, 0.29) is 11.7 Å². The van der Waals surface area contributed by atoms with Crippen molar-refractivity contribution in [1.29, 1.82) is 0 Å². The van der Waals surface area contributed by atoms with Crippen molar-refractivity contribution in [2.75, 3.05) is 0 Å². The zero-order chi connectivity index (χ0) is 21.8. The van der Waals surface area contributed by atoms with Gasteiger partial charge >= 0.3 is 0 Å². The van der Waals surface area contributed by atoms with Crippen LogP contribution >= 0.6 is 11.3 Å². The van der Waals surface area contributed by atoms with Gasteiger partial charge in [0.05, 0.1) is 11.6 Å². The van der Waals surface area contributed by atoms with Crippen LogP contribution in [0, 0.1) is 12.7 Å². The van der Waals surface area contributed by atoms with Gasteiger partial charge in [0, 0.05) is 11.4 Å². The predicted molar refractivity (Wildman–Crippen MR) is 123 cm³/mol. The minimum absolute atomic E-state index is 0.202. The molecule has 0 fully saturated rings. The Morgan fingerprint density at radius 1 is 0.935 bits per heavy atom. The first-order chi connectivity index (χ1) is 15.1. The lowest BCUT2D eigenvalue weighted by molar-refractivity contribution is -0.118. The first-order valence-electron chi connectivity index (χ1n) is 10.2. The van der Waals surface area contributed by atoms with Gasteiger partial charge in [0.15, 0.2) is 4.80 Å². The molecule has 156 valence electrons. The van der Waals surface area contributed by atoms with Gasteiger partial charge in [-0.15, -0.1) is 11.3 Å². The van der Waals surface area contributed by atoms with Crippen LogP contribution in [0.5, 0.6) is 0 Å². The second-order valence-electron chi connectivity index (χ2n) is 7.25. The monoisotopic (exact) mass is 430 g/mol. The summed E-state index contributed by atoms with van der Waals surface area (Å²) in [6.45, 7) is 4.68. The Morgan fingerprint density at radius 2 is 1.48 bits per heavy atom. The summed E-state index contributed by atoms with van der Waals surface area (Å²) in [5.74, 6) is -0.941. The van der Waals surface area contributed by atoms with E-state index in [9.17, 15) is 9.18 Å². The SMILES string of the molecule is CCn1c(-c2ccc(F)cc2)c(C)sc1=NC(=O)C(c1ccccc1)c1ccccc1. The fourth-order valence-corrected chi connectivity index (χ4v) is 4.86. The molecule has 4 aromatic rings. The molecule has 4 rings (SSSR count). The van der Waals surface area contributed by atoms with Crippen LogP contribution in [0.25, 0.3) is 11.3 Å². The molecule has 0 atom stereocenters. The van der Waals surface area contributed by atoms with E-state index in [2.05, 4.69) is 4.99 Å². The molecule has 0 saturated carbocycles. The highest BCUT2D eigenvalue weighted by Gasteiger charge is 2.23. The van der Waals surface area contributed by atoms with Gasteiger partial charge in [0.25, 0.3) is 5.91 Å². The molecule has 3 aromatic carbocycles. The Hall–Kier alpha value is -3.31. The number of carbonyl (C=O) groups excluding carboxylic acids is 1. The van der Waals surface area contributed by atoms with Crippen LogP contribution < -0.4 is 4.80 Å². The summed E-state index contributed by atoms with van der Waals surface area (Å²) in [6, 6.07) is 25.9. The van der Waals surface area contributed by atoms with Crippen molar-refractivity contribution in [2.24, 2.45) is 4.99 Å². The highest BCUT2D eigenvalue weighted by atomic mass is 32.1. The van der Waals surface area contributed by atoms with E-state index in [4.69, 9.17) is 0 Å². The van der Waals surface area contributed by atoms with Gasteiger partial charge in [0.2, 0.25) is 0 Å². The van der Waals surface area contributed by atoms with Crippen LogP contribution in [0.2, 0.25) is 0 Å². The molecule has 0 aliphatic heterocycles. The van der Waals surface area contributed by atoms with Crippen LogP contribution in [-0.4, -0.2) is 10.5 Å². The molecular formula is C26H23FN2OS. The number of carbonyl (C=O) groups is 1. The van der Waals surface area contributed by atoms with Crippen LogP contribution in [0.4, 0.5) is 4.39 Å². The zero-order valence-electron chi connectivity index (χ0n) is 17.5. The minimum Gasteiger partial charge on any atom is -0.316 e. The number of rotatable bonds is 5. The van der Waals surface area contributed by atoms with Gasteiger partial charge in [-0.1, -0.05) is 60.7 Å². The first-order valence-corrected chi connectivity index (χ1v) is 11.0. The van der Waals surface area contributed by atoms with Crippen molar-refractivity contribution < 1.29 is 9.18 Å². The Bertz CT molecular complexity index is 1200. The number of thiazole rings is 1. The third-order valence-corrected chi connectivity index (χ3v) is 6.22.